The molecule has 7 heteroatoms. The van der Waals surface area contributed by atoms with Crippen LogP contribution >= 0.6 is 0 Å². The summed E-state index contributed by atoms with van der Waals surface area (Å²) in [4.78, 5) is 11.5. The van der Waals surface area contributed by atoms with Crippen molar-refractivity contribution >= 4 is 5.91 Å². The Morgan fingerprint density at radius 3 is 2.30 bits per heavy atom. The number of nitrogens with one attached hydrogen (secondary N) is 2. The van der Waals surface area contributed by atoms with E-state index in [1.165, 1.54) is 19.1 Å². The van der Waals surface area contributed by atoms with E-state index in [0.29, 0.717) is 17.7 Å². The van der Waals surface area contributed by atoms with Crippen LogP contribution < -0.4 is 10.6 Å². The minimum absolute atomic E-state index is 0.0707. The molecule has 1 amide bonds. The van der Waals surface area contributed by atoms with Crippen molar-refractivity contribution in [3.63, 3.8) is 0 Å². The number of hydrogen-bond donors (Lipinski definition) is 4. The molecule has 0 heterocycles. The summed E-state index contributed by atoms with van der Waals surface area (Å²) in [6.45, 7) is 7.97. The molecular weight excluding hydrogens is 390 g/mol. The molecule has 2 rings (SSSR count). The summed E-state index contributed by atoms with van der Waals surface area (Å²) in [6, 6.07) is 7.82. The largest absolute Gasteiger partial charge is 0.508 e. The smallest absolute Gasteiger partial charge is 0.217 e. The molecule has 0 aliphatic heterocycles. The van der Waals surface area contributed by atoms with Crippen molar-refractivity contribution in [2.75, 3.05) is 6.54 Å². The highest BCUT2D eigenvalue weighted by Crippen LogP contribution is 2.27. The third-order valence-electron chi connectivity index (χ3n) is 4.85. The highest BCUT2D eigenvalue weighted by Gasteiger charge is 2.21. The summed E-state index contributed by atoms with van der Waals surface area (Å²) in [5.41, 5.74) is 2.03. The third kappa shape index (κ3) is 7.07. The predicted molar refractivity (Wildman–Crippen MR) is 112 cm³/mol. The molecule has 2 aromatic rings. The Bertz CT molecular complexity index is 861. The van der Waals surface area contributed by atoms with Crippen LogP contribution in [0.25, 0.3) is 0 Å². The van der Waals surface area contributed by atoms with Gasteiger partial charge in [-0.05, 0) is 41.2 Å². The molecule has 2 atom stereocenters. The van der Waals surface area contributed by atoms with E-state index in [1.54, 1.807) is 6.07 Å². The number of amides is 1. The lowest BCUT2D eigenvalue weighted by molar-refractivity contribution is -0.120. The third-order valence-corrected chi connectivity index (χ3v) is 4.85. The van der Waals surface area contributed by atoms with Gasteiger partial charge in [0.15, 0.2) is 0 Å². The maximum Gasteiger partial charge on any atom is 0.217 e. The summed E-state index contributed by atoms with van der Waals surface area (Å²) in [7, 11) is 0. The lowest BCUT2D eigenvalue weighted by Crippen LogP contribution is -2.48. The molecule has 0 aliphatic rings. The van der Waals surface area contributed by atoms with Gasteiger partial charge in [-0.3, -0.25) is 4.79 Å². The van der Waals surface area contributed by atoms with Crippen molar-refractivity contribution in [3.8, 4) is 5.75 Å². The molecular formula is C23H30F2N2O3. The number of hydrogen-bond acceptors (Lipinski definition) is 4. The first kappa shape index (κ1) is 23.8. The van der Waals surface area contributed by atoms with Gasteiger partial charge in [0.25, 0.3) is 0 Å². The Morgan fingerprint density at radius 2 is 1.73 bits per heavy atom. The lowest BCUT2D eigenvalue weighted by atomic mass is 9.86. The van der Waals surface area contributed by atoms with Gasteiger partial charge >= 0.3 is 0 Å². The first-order valence-corrected chi connectivity index (χ1v) is 9.89. The van der Waals surface area contributed by atoms with Gasteiger partial charge in [-0.2, -0.15) is 0 Å². The zero-order chi connectivity index (χ0) is 22.5. The molecule has 2 aromatic carbocycles. The summed E-state index contributed by atoms with van der Waals surface area (Å²) >= 11 is 0. The average molecular weight is 421 g/mol. The van der Waals surface area contributed by atoms with Crippen molar-refractivity contribution in [1.82, 2.24) is 10.6 Å². The molecule has 0 aromatic heterocycles. The SMILES string of the molecule is CC(=O)NC(Cc1cc(F)cc(F)c1)C(O)CNCc1cc(C(C)(C)C)ccc1O. The number of carbonyl (C=O) groups is 1. The summed E-state index contributed by atoms with van der Waals surface area (Å²) < 4.78 is 26.9. The van der Waals surface area contributed by atoms with Crippen LogP contribution in [0, 0.1) is 11.6 Å². The van der Waals surface area contributed by atoms with Crippen LogP contribution in [-0.2, 0) is 23.2 Å². The van der Waals surface area contributed by atoms with Gasteiger partial charge in [-0.1, -0.05) is 32.9 Å². The fraction of sp³-hybridized carbons (Fsp3) is 0.435. The molecule has 0 spiro atoms. The molecule has 30 heavy (non-hydrogen) atoms. The van der Waals surface area contributed by atoms with Gasteiger partial charge in [0.2, 0.25) is 5.91 Å². The Kier molecular flexibility index (Phi) is 7.92. The molecule has 5 nitrogen and oxygen atoms in total. The van der Waals surface area contributed by atoms with Crippen LogP contribution in [0.1, 0.15) is 44.4 Å². The van der Waals surface area contributed by atoms with E-state index in [9.17, 15) is 23.8 Å². The fourth-order valence-corrected chi connectivity index (χ4v) is 3.22. The Balaban J connectivity index is 2.04. The fourth-order valence-electron chi connectivity index (χ4n) is 3.22. The van der Waals surface area contributed by atoms with Gasteiger partial charge in [0.05, 0.1) is 12.1 Å². The molecule has 164 valence electrons. The number of rotatable bonds is 8. The van der Waals surface area contributed by atoms with Crippen molar-refractivity contribution in [2.24, 2.45) is 0 Å². The van der Waals surface area contributed by atoms with E-state index in [1.807, 2.05) is 12.1 Å². The van der Waals surface area contributed by atoms with Crippen LogP contribution in [0.5, 0.6) is 5.75 Å². The molecule has 4 N–H and O–H groups in total. The van der Waals surface area contributed by atoms with Gasteiger partial charge in [-0.15, -0.1) is 0 Å². The van der Waals surface area contributed by atoms with Crippen LogP contribution in [-0.4, -0.2) is 34.8 Å². The second-order valence-electron chi connectivity index (χ2n) is 8.58. The zero-order valence-corrected chi connectivity index (χ0v) is 17.8. The summed E-state index contributed by atoms with van der Waals surface area (Å²) in [5, 5.41) is 26.4. The zero-order valence-electron chi connectivity index (χ0n) is 17.8. The van der Waals surface area contributed by atoms with E-state index >= 15 is 0 Å². The van der Waals surface area contributed by atoms with E-state index in [0.717, 1.165) is 11.6 Å². The molecule has 0 fully saturated rings. The standard InChI is InChI=1S/C23H30F2N2O3/c1-14(28)27-20(9-15-7-18(24)11-19(25)8-15)22(30)13-26-12-16-10-17(23(2,3)4)5-6-21(16)29/h5-8,10-11,20,22,26,29-30H,9,12-13H2,1-4H3,(H,27,28). The van der Waals surface area contributed by atoms with E-state index in [4.69, 9.17) is 0 Å². The number of phenols is 1. The minimum atomic E-state index is -1.01. The van der Waals surface area contributed by atoms with Crippen molar-refractivity contribution in [1.29, 1.82) is 0 Å². The first-order chi connectivity index (χ1) is 14.0. The van der Waals surface area contributed by atoms with Gasteiger partial charge in [0.1, 0.15) is 17.4 Å². The van der Waals surface area contributed by atoms with Crippen molar-refractivity contribution < 1.29 is 23.8 Å². The molecule has 0 saturated carbocycles. The van der Waals surface area contributed by atoms with Gasteiger partial charge in [0, 0.05) is 31.6 Å². The van der Waals surface area contributed by atoms with Crippen LogP contribution in [0.2, 0.25) is 0 Å². The van der Waals surface area contributed by atoms with E-state index in [-0.39, 0.29) is 30.0 Å². The number of phenolic OH excluding ortho intramolecular Hbond substituents is 1. The second-order valence-corrected chi connectivity index (χ2v) is 8.58. The number of aromatic hydroxyl groups is 1. The maximum atomic E-state index is 13.5. The number of carbonyl (C=O) groups excluding carboxylic acids is 1. The second kappa shape index (κ2) is 10.00. The predicted octanol–water partition coefficient (Wildman–Crippen LogP) is 3.17. The normalized spacial score (nSPS) is 13.7. The molecule has 0 saturated heterocycles. The Morgan fingerprint density at radius 1 is 1.10 bits per heavy atom. The number of aliphatic hydroxyl groups excluding tert-OH is 1. The molecule has 2 unspecified atom stereocenters. The highest BCUT2D eigenvalue weighted by atomic mass is 19.1. The quantitative estimate of drug-likeness (QED) is 0.529. The monoisotopic (exact) mass is 420 g/mol. The Labute approximate surface area is 176 Å². The van der Waals surface area contributed by atoms with Crippen molar-refractivity contribution in [3.05, 3.63) is 64.7 Å². The summed E-state index contributed by atoms with van der Waals surface area (Å²) in [6.07, 6.45) is -0.935. The minimum Gasteiger partial charge on any atom is -0.508 e. The van der Waals surface area contributed by atoms with Crippen LogP contribution in [0.3, 0.4) is 0 Å². The van der Waals surface area contributed by atoms with Crippen LogP contribution in [0.4, 0.5) is 8.78 Å². The Hall–Kier alpha value is -2.51. The van der Waals surface area contributed by atoms with Gasteiger partial charge < -0.3 is 20.8 Å². The van der Waals surface area contributed by atoms with Crippen molar-refractivity contribution in [2.45, 2.75) is 58.2 Å². The molecule has 0 bridgehead atoms. The summed E-state index contributed by atoms with van der Waals surface area (Å²) in [5.74, 6) is -1.63. The molecule has 0 aliphatic carbocycles. The molecule has 0 radical (unpaired) electrons. The maximum absolute atomic E-state index is 13.5. The highest BCUT2D eigenvalue weighted by molar-refractivity contribution is 5.73. The topological polar surface area (TPSA) is 81.6 Å². The van der Waals surface area contributed by atoms with Gasteiger partial charge in [-0.25, -0.2) is 8.78 Å². The number of aliphatic hydroxyl groups is 1. The van der Waals surface area contributed by atoms with E-state index in [2.05, 4.69) is 31.4 Å². The first-order valence-electron chi connectivity index (χ1n) is 9.89. The number of halogens is 2. The lowest BCUT2D eigenvalue weighted by Gasteiger charge is -2.25. The van der Waals surface area contributed by atoms with Crippen LogP contribution in [0.15, 0.2) is 36.4 Å². The average Bonchev–Trinajstić information content (AvgIpc) is 2.60. The number of benzene rings is 2. The van der Waals surface area contributed by atoms with E-state index < -0.39 is 23.8 Å².